The first-order chi connectivity index (χ1) is 13.8. The Bertz CT molecular complexity index is 1340. The maximum atomic E-state index is 13.5. The minimum absolute atomic E-state index is 0.00299. The van der Waals surface area contributed by atoms with Crippen molar-refractivity contribution in [2.24, 2.45) is 5.41 Å². The SMILES string of the molecule is CC1(C)CC(=O)C2=C(C1)n1c(=O)c3ccccc3c(=O)n1C2c1ccc(Br)cc1. The van der Waals surface area contributed by atoms with E-state index in [2.05, 4.69) is 15.9 Å². The quantitative estimate of drug-likeness (QED) is 0.559. The molecule has 0 N–H and O–H groups in total. The van der Waals surface area contributed by atoms with E-state index in [1.54, 1.807) is 24.3 Å². The van der Waals surface area contributed by atoms with Crippen LogP contribution in [-0.4, -0.2) is 15.1 Å². The van der Waals surface area contributed by atoms with Crippen LogP contribution in [0.5, 0.6) is 0 Å². The van der Waals surface area contributed by atoms with Gasteiger partial charge in [-0.1, -0.05) is 54.0 Å². The number of halogens is 1. The van der Waals surface area contributed by atoms with Crippen molar-refractivity contribution in [3.05, 3.63) is 84.8 Å². The molecule has 6 heteroatoms. The third kappa shape index (κ3) is 2.62. The summed E-state index contributed by atoms with van der Waals surface area (Å²) in [5, 5.41) is 0.760. The zero-order valence-corrected chi connectivity index (χ0v) is 17.7. The van der Waals surface area contributed by atoms with Crippen LogP contribution >= 0.6 is 15.9 Å². The van der Waals surface area contributed by atoms with E-state index in [4.69, 9.17) is 0 Å². The number of carbonyl (C=O) groups is 1. The number of hydrogen-bond acceptors (Lipinski definition) is 3. The number of nitrogens with zero attached hydrogens (tertiary/aromatic N) is 2. The van der Waals surface area contributed by atoms with Gasteiger partial charge in [0.2, 0.25) is 0 Å². The molecule has 2 heterocycles. The van der Waals surface area contributed by atoms with Crippen molar-refractivity contribution in [1.29, 1.82) is 0 Å². The van der Waals surface area contributed by atoms with E-state index in [1.165, 1.54) is 9.36 Å². The molecular weight excluding hydrogens is 432 g/mol. The van der Waals surface area contributed by atoms with Crippen molar-refractivity contribution in [3.63, 3.8) is 0 Å². The number of Topliss-reactive ketones (excluding diaryl/α,β-unsaturated/α-hetero) is 1. The summed E-state index contributed by atoms with van der Waals surface area (Å²) in [5.41, 5.74) is 1.27. The van der Waals surface area contributed by atoms with E-state index >= 15 is 0 Å². The Morgan fingerprint density at radius 2 is 1.52 bits per heavy atom. The van der Waals surface area contributed by atoms with Gasteiger partial charge in [-0.3, -0.25) is 14.4 Å². The molecule has 0 saturated carbocycles. The Kier molecular flexibility index (Phi) is 3.87. The number of rotatable bonds is 1. The molecule has 5 nitrogen and oxygen atoms in total. The van der Waals surface area contributed by atoms with Gasteiger partial charge in [0.1, 0.15) is 6.04 Å². The van der Waals surface area contributed by atoms with Gasteiger partial charge in [-0.15, -0.1) is 0 Å². The zero-order chi connectivity index (χ0) is 20.5. The van der Waals surface area contributed by atoms with E-state index < -0.39 is 6.04 Å². The van der Waals surface area contributed by atoms with Crippen LogP contribution in [0.25, 0.3) is 16.5 Å². The van der Waals surface area contributed by atoms with Crippen molar-refractivity contribution in [1.82, 2.24) is 9.36 Å². The fourth-order valence-electron chi connectivity index (χ4n) is 4.64. The minimum atomic E-state index is -0.591. The van der Waals surface area contributed by atoms with Crippen molar-refractivity contribution in [2.45, 2.75) is 32.7 Å². The lowest BCUT2D eigenvalue weighted by Gasteiger charge is -2.30. The Hall–Kier alpha value is -2.73. The summed E-state index contributed by atoms with van der Waals surface area (Å²) in [6.45, 7) is 4.05. The predicted octanol–water partition coefficient (Wildman–Crippen LogP) is 4.13. The summed E-state index contributed by atoms with van der Waals surface area (Å²) >= 11 is 3.44. The van der Waals surface area contributed by atoms with Gasteiger partial charge in [0, 0.05) is 16.5 Å². The molecule has 1 aliphatic heterocycles. The van der Waals surface area contributed by atoms with Gasteiger partial charge in [-0.2, -0.15) is 0 Å². The standard InChI is InChI=1S/C23H19BrN2O3/c1-23(2)11-17-19(18(27)12-23)20(13-7-9-14(24)10-8-13)26-22(29)16-6-4-3-5-15(16)21(28)25(17)26/h3-10,20H,11-12H2,1-2H3. The van der Waals surface area contributed by atoms with Gasteiger partial charge in [-0.25, -0.2) is 9.36 Å². The predicted molar refractivity (Wildman–Crippen MR) is 116 cm³/mol. The van der Waals surface area contributed by atoms with E-state index in [-0.39, 0.29) is 22.3 Å². The van der Waals surface area contributed by atoms with Crippen molar-refractivity contribution < 1.29 is 4.79 Å². The molecule has 0 radical (unpaired) electrons. The number of allylic oxidation sites excluding steroid dienone is 2. The van der Waals surface area contributed by atoms with Crippen LogP contribution < -0.4 is 11.1 Å². The van der Waals surface area contributed by atoms with Gasteiger partial charge in [0.05, 0.1) is 16.5 Å². The van der Waals surface area contributed by atoms with Crippen molar-refractivity contribution in [3.8, 4) is 0 Å². The molecule has 0 fully saturated rings. The summed E-state index contributed by atoms with van der Waals surface area (Å²) in [5.74, 6) is 0.00299. The van der Waals surface area contributed by atoms with Crippen LogP contribution in [0.15, 0.2) is 68.2 Å². The molecule has 2 aromatic carbocycles. The van der Waals surface area contributed by atoms with Crippen LogP contribution in [0, 0.1) is 5.41 Å². The molecule has 3 aromatic rings. The first-order valence-electron chi connectivity index (χ1n) is 9.57. The highest BCUT2D eigenvalue weighted by Crippen LogP contribution is 2.46. The first-order valence-corrected chi connectivity index (χ1v) is 10.4. The van der Waals surface area contributed by atoms with Crippen molar-refractivity contribution >= 4 is 38.2 Å². The van der Waals surface area contributed by atoms with Gasteiger partial charge in [0.15, 0.2) is 5.78 Å². The highest BCUT2D eigenvalue weighted by molar-refractivity contribution is 9.10. The fraction of sp³-hybridized carbons (Fsp3) is 0.261. The number of hydrogen-bond donors (Lipinski definition) is 0. The van der Waals surface area contributed by atoms with Crippen LogP contribution in [0.2, 0.25) is 0 Å². The highest BCUT2D eigenvalue weighted by atomic mass is 79.9. The molecule has 1 unspecified atom stereocenters. The highest BCUT2D eigenvalue weighted by Gasteiger charge is 2.44. The molecule has 0 amide bonds. The zero-order valence-electron chi connectivity index (χ0n) is 16.1. The smallest absolute Gasteiger partial charge is 0.277 e. The molecule has 5 rings (SSSR count). The van der Waals surface area contributed by atoms with Gasteiger partial charge in [-0.05, 0) is 41.7 Å². The topological polar surface area (TPSA) is 61.1 Å². The lowest BCUT2D eigenvalue weighted by molar-refractivity contribution is -0.118. The van der Waals surface area contributed by atoms with Crippen LogP contribution in [-0.2, 0) is 4.79 Å². The summed E-state index contributed by atoms with van der Waals surface area (Å²) in [6, 6.07) is 13.8. The Labute approximate surface area is 175 Å². The molecule has 1 atom stereocenters. The third-order valence-corrected chi connectivity index (χ3v) is 6.39. The number of ketones is 1. The molecule has 0 bridgehead atoms. The Balaban J connectivity index is 1.92. The Morgan fingerprint density at radius 3 is 2.17 bits per heavy atom. The van der Waals surface area contributed by atoms with E-state index in [1.807, 2.05) is 38.1 Å². The van der Waals surface area contributed by atoms with Crippen molar-refractivity contribution in [2.75, 3.05) is 0 Å². The molecule has 146 valence electrons. The third-order valence-electron chi connectivity index (χ3n) is 5.86. The van der Waals surface area contributed by atoms with Gasteiger partial charge in [0.25, 0.3) is 11.1 Å². The molecule has 1 aromatic heterocycles. The summed E-state index contributed by atoms with van der Waals surface area (Å²) < 4.78 is 3.86. The second-order valence-corrected chi connectivity index (χ2v) is 9.48. The average molecular weight is 451 g/mol. The number of benzene rings is 2. The number of aromatic nitrogens is 2. The van der Waals surface area contributed by atoms with E-state index in [0.717, 1.165) is 10.0 Å². The number of carbonyl (C=O) groups excluding carboxylic acids is 1. The summed E-state index contributed by atoms with van der Waals surface area (Å²) in [6.07, 6.45) is 0.967. The molecule has 1 aliphatic carbocycles. The number of fused-ring (bicyclic) bond motifs is 3. The maximum Gasteiger partial charge on any atom is 0.277 e. The molecule has 2 aliphatic rings. The molecular formula is C23H19BrN2O3. The van der Waals surface area contributed by atoms with E-state index in [9.17, 15) is 14.4 Å². The first kappa shape index (κ1) is 18.3. The van der Waals surface area contributed by atoms with Gasteiger partial charge >= 0.3 is 0 Å². The lowest BCUT2D eigenvalue weighted by Crippen LogP contribution is -2.37. The van der Waals surface area contributed by atoms with E-state index in [0.29, 0.717) is 34.9 Å². The average Bonchev–Trinajstić information content (AvgIpc) is 3.01. The van der Waals surface area contributed by atoms with Gasteiger partial charge < -0.3 is 0 Å². The van der Waals surface area contributed by atoms with Crippen LogP contribution in [0.3, 0.4) is 0 Å². The minimum Gasteiger partial charge on any atom is -0.294 e. The maximum absolute atomic E-state index is 13.5. The second-order valence-electron chi connectivity index (χ2n) is 8.57. The molecule has 0 saturated heterocycles. The lowest BCUT2D eigenvalue weighted by atomic mass is 9.74. The molecule has 0 spiro atoms. The van der Waals surface area contributed by atoms with Crippen LogP contribution in [0.4, 0.5) is 0 Å². The monoisotopic (exact) mass is 450 g/mol. The summed E-state index contributed by atoms with van der Waals surface area (Å²) in [7, 11) is 0. The summed E-state index contributed by atoms with van der Waals surface area (Å²) in [4.78, 5) is 40.1. The second kappa shape index (κ2) is 6.13. The largest absolute Gasteiger partial charge is 0.294 e. The normalized spacial score (nSPS) is 20.1. The fourth-order valence-corrected chi connectivity index (χ4v) is 4.91. The van der Waals surface area contributed by atoms with Crippen LogP contribution in [0.1, 0.15) is 38.3 Å². The molecule has 29 heavy (non-hydrogen) atoms. The Morgan fingerprint density at radius 1 is 0.897 bits per heavy atom.